The second-order valence-electron chi connectivity index (χ2n) is 7.41. The number of nitrogens with zero attached hydrogens (tertiary/aromatic N) is 1. The Bertz CT molecular complexity index is 967. The lowest BCUT2D eigenvalue weighted by molar-refractivity contribution is 0.728. The van der Waals surface area contributed by atoms with Crippen LogP contribution in [-0.4, -0.2) is 0 Å². The van der Waals surface area contributed by atoms with Crippen LogP contribution < -0.4 is 10.2 Å². The summed E-state index contributed by atoms with van der Waals surface area (Å²) in [5.74, 6) is 0.598. The molecule has 0 amide bonds. The molecule has 28 heavy (non-hydrogen) atoms. The van der Waals surface area contributed by atoms with Crippen LogP contribution in [0.2, 0.25) is 0 Å². The van der Waals surface area contributed by atoms with Crippen molar-refractivity contribution in [3.63, 3.8) is 0 Å². The standard InChI is InChI=1S/C26H26N2/c1-20-8-14-24(15-9-20)28(25-16-10-21(2)11-17-25)26-18-12-23(13-19-26)27-22-6-4-3-5-7-22/h3-10,12-19,21,27H,11H2,1-2H3. The second kappa shape index (κ2) is 8.18. The van der Waals surface area contributed by atoms with Gasteiger partial charge >= 0.3 is 0 Å². The maximum atomic E-state index is 3.46. The maximum Gasteiger partial charge on any atom is 0.0462 e. The molecule has 0 saturated carbocycles. The van der Waals surface area contributed by atoms with Crippen LogP contribution in [0, 0.1) is 12.8 Å². The number of para-hydroxylation sites is 1. The van der Waals surface area contributed by atoms with E-state index in [-0.39, 0.29) is 0 Å². The summed E-state index contributed by atoms with van der Waals surface area (Å²) < 4.78 is 0. The number of hydrogen-bond donors (Lipinski definition) is 1. The summed E-state index contributed by atoms with van der Waals surface area (Å²) in [6, 6.07) is 27.6. The summed E-state index contributed by atoms with van der Waals surface area (Å²) >= 11 is 0. The van der Waals surface area contributed by atoms with E-state index in [2.05, 4.69) is 103 Å². The molecule has 2 heteroatoms. The fourth-order valence-corrected chi connectivity index (χ4v) is 3.40. The monoisotopic (exact) mass is 366 g/mol. The van der Waals surface area contributed by atoms with Crippen LogP contribution in [-0.2, 0) is 0 Å². The molecule has 1 aliphatic rings. The van der Waals surface area contributed by atoms with Crippen LogP contribution in [0.5, 0.6) is 0 Å². The lowest BCUT2D eigenvalue weighted by atomic mass is 10.0. The Morgan fingerprint density at radius 1 is 0.786 bits per heavy atom. The smallest absolute Gasteiger partial charge is 0.0462 e. The van der Waals surface area contributed by atoms with Crippen molar-refractivity contribution < 1.29 is 0 Å². The number of hydrogen-bond acceptors (Lipinski definition) is 2. The molecule has 0 bridgehead atoms. The predicted octanol–water partition coefficient (Wildman–Crippen LogP) is 7.36. The number of aryl methyl sites for hydroxylation is 1. The van der Waals surface area contributed by atoms with Crippen molar-refractivity contribution in [1.82, 2.24) is 0 Å². The van der Waals surface area contributed by atoms with Crippen molar-refractivity contribution in [2.24, 2.45) is 5.92 Å². The van der Waals surface area contributed by atoms with Gasteiger partial charge in [-0.2, -0.15) is 0 Å². The molecule has 0 saturated heterocycles. The average molecular weight is 367 g/mol. The molecule has 0 aromatic heterocycles. The molecule has 1 aliphatic carbocycles. The highest BCUT2D eigenvalue weighted by atomic mass is 15.1. The third-order valence-electron chi connectivity index (χ3n) is 5.03. The van der Waals surface area contributed by atoms with Gasteiger partial charge in [-0.15, -0.1) is 0 Å². The Kier molecular flexibility index (Phi) is 5.29. The molecule has 1 atom stereocenters. The SMILES string of the molecule is Cc1ccc(N(C2=CCC(C)C=C2)c2ccc(Nc3ccccc3)cc2)cc1. The quantitative estimate of drug-likeness (QED) is 0.507. The van der Waals surface area contributed by atoms with E-state index in [0.29, 0.717) is 5.92 Å². The second-order valence-corrected chi connectivity index (χ2v) is 7.41. The minimum Gasteiger partial charge on any atom is -0.356 e. The molecule has 4 rings (SSSR count). The van der Waals surface area contributed by atoms with Gasteiger partial charge in [0, 0.05) is 28.4 Å². The van der Waals surface area contributed by atoms with Gasteiger partial charge in [-0.3, -0.25) is 0 Å². The van der Waals surface area contributed by atoms with Gasteiger partial charge < -0.3 is 10.2 Å². The van der Waals surface area contributed by atoms with Crippen molar-refractivity contribution in [2.45, 2.75) is 20.3 Å². The molecule has 3 aromatic rings. The lowest BCUT2D eigenvalue weighted by Gasteiger charge is -2.28. The van der Waals surface area contributed by atoms with Crippen LogP contribution >= 0.6 is 0 Å². The summed E-state index contributed by atoms with van der Waals surface area (Å²) in [6.07, 6.45) is 7.94. The molecule has 0 aliphatic heterocycles. The summed E-state index contributed by atoms with van der Waals surface area (Å²) in [7, 11) is 0. The third-order valence-corrected chi connectivity index (χ3v) is 5.03. The van der Waals surface area contributed by atoms with Crippen molar-refractivity contribution in [3.05, 3.63) is 108 Å². The van der Waals surface area contributed by atoms with Crippen molar-refractivity contribution in [3.8, 4) is 0 Å². The molecule has 0 fully saturated rings. The van der Waals surface area contributed by atoms with Gasteiger partial charge in [0.05, 0.1) is 0 Å². The van der Waals surface area contributed by atoms with Gasteiger partial charge in [-0.25, -0.2) is 0 Å². The largest absolute Gasteiger partial charge is 0.356 e. The normalized spacial score (nSPS) is 15.8. The van der Waals surface area contributed by atoms with Crippen molar-refractivity contribution in [1.29, 1.82) is 0 Å². The van der Waals surface area contributed by atoms with E-state index in [0.717, 1.165) is 23.5 Å². The maximum absolute atomic E-state index is 3.46. The summed E-state index contributed by atoms with van der Waals surface area (Å²) in [5, 5.41) is 3.46. The molecule has 1 N–H and O–H groups in total. The molecular formula is C26H26N2. The van der Waals surface area contributed by atoms with E-state index < -0.39 is 0 Å². The molecular weight excluding hydrogens is 340 g/mol. The molecule has 3 aromatic carbocycles. The Morgan fingerprint density at radius 3 is 2.00 bits per heavy atom. The Morgan fingerprint density at radius 2 is 1.39 bits per heavy atom. The van der Waals surface area contributed by atoms with Gasteiger partial charge in [0.15, 0.2) is 0 Å². The van der Waals surface area contributed by atoms with Crippen LogP contribution in [0.3, 0.4) is 0 Å². The fraction of sp³-hybridized carbons (Fsp3) is 0.154. The molecule has 1 unspecified atom stereocenters. The average Bonchev–Trinajstić information content (AvgIpc) is 2.73. The van der Waals surface area contributed by atoms with E-state index >= 15 is 0 Å². The summed E-state index contributed by atoms with van der Waals surface area (Å²) in [5.41, 5.74) is 7.02. The number of benzene rings is 3. The van der Waals surface area contributed by atoms with Crippen LogP contribution in [0.4, 0.5) is 22.7 Å². The summed E-state index contributed by atoms with van der Waals surface area (Å²) in [4.78, 5) is 2.33. The first kappa shape index (κ1) is 18.1. The van der Waals surface area contributed by atoms with Crippen LogP contribution in [0.15, 0.2) is 103 Å². The van der Waals surface area contributed by atoms with E-state index in [4.69, 9.17) is 0 Å². The number of anilines is 4. The van der Waals surface area contributed by atoms with E-state index in [9.17, 15) is 0 Å². The van der Waals surface area contributed by atoms with Gasteiger partial charge in [-0.1, -0.05) is 55.0 Å². The summed E-state index contributed by atoms with van der Waals surface area (Å²) in [6.45, 7) is 4.38. The molecule has 2 nitrogen and oxygen atoms in total. The van der Waals surface area contributed by atoms with Crippen molar-refractivity contribution >= 4 is 22.7 Å². The van der Waals surface area contributed by atoms with Crippen molar-refractivity contribution in [2.75, 3.05) is 10.2 Å². The lowest BCUT2D eigenvalue weighted by Crippen LogP contribution is -2.17. The van der Waals surface area contributed by atoms with Crippen LogP contribution in [0.1, 0.15) is 18.9 Å². The van der Waals surface area contributed by atoms with Gasteiger partial charge in [0.1, 0.15) is 0 Å². The Balaban J connectivity index is 1.64. The van der Waals surface area contributed by atoms with Gasteiger partial charge in [0.2, 0.25) is 0 Å². The first-order valence-electron chi connectivity index (χ1n) is 9.86. The molecule has 140 valence electrons. The highest BCUT2D eigenvalue weighted by Crippen LogP contribution is 2.34. The number of nitrogens with one attached hydrogen (secondary N) is 1. The minimum absolute atomic E-state index is 0.598. The minimum atomic E-state index is 0.598. The van der Waals surface area contributed by atoms with E-state index in [1.807, 2.05) is 18.2 Å². The predicted molar refractivity (Wildman–Crippen MR) is 120 cm³/mol. The van der Waals surface area contributed by atoms with Gasteiger partial charge in [0.25, 0.3) is 0 Å². The highest BCUT2D eigenvalue weighted by molar-refractivity contribution is 5.72. The number of rotatable bonds is 5. The first-order valence-corrected chi connectivity index (χ1v) is 9.86. The molecule has 0 spiro atoms. The zero-order valence-corrected chi connectivity index (χ0v) is 16.5. The van der Waals surface area contributed by atoms with E-state index in [1.165, 1.54) is 16.9 Å². The van der Waals surface area contributed by atoms with Gasteiger partial charge in [-0.05, 0) is 73.9 Å². The molecule has 0 radical (unpaired) electrons. The number of allylic oxidation sites excluding steroid dienone is 3. The third kappa shape index (κ3) is 4.17. The topological polar surface area (TPSA) is 15.3 Å². The highest BCUT2D eigenvalue weighted by Gasteiger charge is 2.15. The first-order chi connectivity index (χ1) is 13.7. The fourth-order valence-electron chi connectivity index (χ4n) is 3.40. The zero-order chi connectivity index (χ0) is 19.3. The molecule has 0 heterocycles. The van der Waals surface area contributed by atoms with E-state index in [1.54, 1.807) is 0 Å². The zero-order valence-electron chi connectivity index (χ0n) is 16.5. The Hall–Kier alpha value is -3.26. The Labute approximate surface area is 167 Å². The van der Waals surface area contributed by atoms with Crippen LogP contribution in [0.25, 0.3) is 0 Å².